The summed E-state index contributed by atoms with van der Waals surface area (Å²) in [5.74, 6) is 0.0116. The molecule has 3 heteroatoms. The van der Waals surface area contributed by atoms with Crippen LogP contribution >= 0.6 is 0 Å². The molecular weight excluding hydrogens is 166 g/mol. The van der Waals surface area contributed by atoms with E-state index >= 15 is 0 Å². The van der Waals surface area contributed by atoms with Crippen molar-refractivity contribution < 1.29 is 9.53 Å². The first-order chi connectivity index (χ1) is 5.96. The van der Waals surface area contributed by atoms with E-state index in [9.17, 15) is 4.79 Å². The molecule has 0 aromatic heterocycles. The van der Waals surface area contributed by atoms with Gasteiger partial charge in [-0.05, 0) is 40.0 Å². The molecule has 1 unspecified atom stereocenters. The van der Waals surface area contributed by atoms with E-state index in [1.807, 2.05) is 20.8 Å². The molecule has 3 nitrogen and oxygen atoms in total. The van der Waals surface area contributed by atoms with E-state index in [-0.39, 0.29) is 17.6 Å². The third-order valence-electron chi connectivity index (χ3n) is 3.34. The average molecular weight is 183 g/mol. The van der Waals surface area contributed by atoms with Gasteiger partial charge in [-0.3, -0.25) is 4.79 Å². The van der Waals surface area contributed by atoms with Crippen LogP contribution < -0.4 is 5.32 Å². The molecule has 2 rings (SSSR count). The van der Waals surface area contributed by atoms with Gasteiger partial charge in [0.15, 0.2) is 0 Å². The Labute approximate surface area is 78.8 Å². The van der Waals surface area contributed by atoms with Gasteiger partial charge in [-0.1, -0.05) is 0 Å². The lowest BCUT2D eigenvalue weighted by Crippen LogP contribution is -2.68. The summed E-state index contributed by atoms with van der Waals surface area (Å²) in [6.07, 6.45) is 3.38. The van der Waals surface area contributed by atoms with Crippen LogP contribution in [0.5, 0.6) is 0 Å². The number of hydrogen-bond acceptors (Lipinski definition) is 2. The van der Waals surface area contributed by atoms with Crippen LogP contribution in [0.1, 0.15) is 40.0 Å². The van der Waals surface area contributed by atoms with Crippen molar-refractivity contribution in [2.75, 3.05) is 0 Å². The average Bonchev–Trinajstić information content (AvgIpc) is 1.94. The first-order valence-corrected chi connectivity index (χ1v) is 4.97. The standard InChI is InChI=1S/C10H17NO2/c1-7-10(5-4-6-10)13-9(2,3)8(12)11-7/h7H,4-6H2,1-3H3,(H,11,12). The minimum atomic E-state index is -0.646. The van der Waals surface area contributed by atoms with Crippen LogP contribution in [0.15, 0.2) is 0 Å². The van der Waals surface area contributed by atoms with Crippen LogP contribution in [-0.2, 0) is 9.53 Å². The van der Waals surface area contributed by atoms with Gasteiger partial charge in [-0.15, -0.1) is 0 Å². The Morgan fingerprint density at radius 1 is 1.46 bits per heavy atom. The first kappa shape index (κ1) is 9.00. The number of rotatable bonds is 0. The highest BCUT2D eigenvalue weighted by molar-refractivity contribution is 5.85. The van der Waals surface area contributed by atoms with Crippen molar-refractivity contribution in [2.24, 2.45) is 0 Å². The van der Waals surface area contributed by atoms with Crippen molar-refractivity contribution in [3.8, 4) is 0 Å². The molecule has 1 spiro atoms. The molecule has 1 N–H and O–H groups in total. The number of ether oxygens (including phenoxy) is 1. The lowest BCUT2D eigenvalue weighted by atomic mass is 9.73. The molecule has 74 valence electrons. The number of morpholine rings is 1. The fourth-order valence-corrected chi connectivity index (χ4v) is 2.21. The van der Waals surface area contributed by atoms with Gasteiger partial charge in [0.2, 0.25) is 0 Å². The smallest absolute Gasteiger partial charge is 0.252 e. The Balaban J connectivity index is 2.20. The van der Waals surface area contributed by atoms with E-state index in [1.165, 1.54) is 6.42 Å². The quantitative estimate of drug-likeness (QED) is 0.613. The Hall–Kier alpha value is -0.570. The van der Waals surface area contributed by atoms with Gasteiger partial charge in [-0.2, -0.15) is 0 Å². The molecule has 2 fully saturated rings. The highest BCUT2D eigenvalue weighted by Crippen LogP contribution is 2.43. The molecule has 1 saturated heterocycles. The molecule has 0 radical (unpaired) electrons. The van der Waals surface area contributed by atoms with Gasteiger partial charge in [-0.25, -0.2) is 0 Å². The molecule has 0 aromatic rings. The van der Waals surface area contributed by atoms with Crippen LogP contribution in [0, 0.1) is 0 Å². The summed E-state index contributed by atoms with van der Waals surface area (Å²) in [5, 5.41) is 3.00. The molecule has 2 aliphatic rings. The van der Waals surface area contributed by atoms with E-state index in [0.29, 0.717) is 0 Å². The van der Waals surface area contributed by atoms with Crippen LogP contribution in [0.25, 0.3) is 0 Å². The van der Waals surface area contributed by atoms with Crippen molar-refractivity contribution >= 4 is 5.91 Å². The van der Waals surface area contributed by atoms with Crippen molar-refractivity contribution in [3.63, 3.8) is 0 Å². The molecule has 0 bridgehead atoms. The van der Waals surface area contributed by atoms with Gasteiger partial charge >= 0.3 is 0 Å². The lowest BCUT2D eigenvalue weighted by Gasteiger charge is -2.53. The Morgan fingerprint density at radius 2 is 2.08 bits per heavy atom. The molecule has 1 atom stereocenters. The number of amides is 1. The summed E-state index contributed by atoms with van der Waals surface area (Å²) in [4.78, 5) is 11.5. The minimum Gasteiger partial charge on any atom is -0.357 e. The summed E-state index contributed by atoms with van der Waals surface area (Å²) in [7, 11) is 0. The van der Waals surface area contributed by atoms with Gasteiger partial charge in [0, 0.05) is 0 Å². The molecular formula is C10H17NO2. The van der Waals surface area contributed by atoms with Gasteiger partial charge in [0.25, 0.3) is 5.91 Å². The molecule has 1 aliphatic heterocycles. The van der Waals surface area contributed by atoms with E-state index in [2.05, 4.69) is 5.32 Å². The van der Waals surface area contributed by atoms with Crippen LogP contribution in [0.4, 0.5) is 0 Å². The van der Waals surface area contributed by atoms with E-state index in [1.54, 1.807) is 0 Å². The van der Waals surface area contributed by atoms with Gasteiger partial charge in [0.1, 0.15) is 5.60 Å². The summed E-state index contributed by atoms with van der Waals surface area (Å²) in [6, 6.07) is 0.168. The summed E-state index contributed by atoms with van der Waals surface area (Å²) >= 11 is 0. The third kappa shape index (κ3) is 1.17. The van der Waals surface area contributed by atoms with Crippen molar-refractivity contribution in [1.82, 2.24) is 5.32 Å². The monoisotopic (exact) mass is 183 g/mol. The predicted octanol–water partition coefficient (Wildman–Crippen LogP) is 1.22. The summed E-state index contributed by atoms with van der Waals surface area (Å²) < 4.78 is 5.91. The molecule has 0 aromatic carbocycles. The van der Waals surface area contributed by atoms with E-state index in [4.69, 9.17) is 4.74 Å². The molecule has 1 aliphatic carbocycles. The van der Waals surface area contributed by atoms with Crippen LogP contribution in [0.2, 0.25) is 0 Å². The number of hydrogen-bond donors (Lipinski definition) is 1. The summed E-state index contributed by atoms with van der Waals surface area (Å²) in [5.41, 5.74) is -0.704. The maximum absolute atomic E-state index is 11.5. The number of carbonyl (C=O) groups is 1. The highest BCUT2D eigenvalue weighted by atomic mass is 16.5. The summed E-state index contributed by atoms with van der Waals surface area (Å²) in [6.45, 7) is 5.72. The number of nitrogens with one attached hydrogen (secondary N) is 1. The van der Waals surface area contributed by atoms with Crippen LogP contribution in [-0.4, -0.2) is 23.2 Å². The normalized spacial score (nSPS) is 35.3. The predicted molar refractivity (Wildman–Crippen MR) is 49.4 cm³/mol. The fourth-order valence-electron chi connectivity index (χ4n) is 2.21. The zero-order chi connectivity index (χ0) is 9.69. The highest BCUT2D eigenvalue weighted by Gasteiger charge is 2.53. The van der Waals surface area contributed by atoms with Crippen LogP contribution in [0.3, 0.4) is 0 Å². The van der Waals surface area contributed by atoms with Crippen molar-refractivity contribution in [1.29, 1.82) is 0 Å². The first-order valence-electron chi connectivity index (χ1n) is 4.97. The van der Waals surface area contributed by atoms with Crippen molar-refractivity contribution in [2.45, 2.75) is 57.3 Å². The third-order valence-corrected chi connectivity index (χ3v) is 3.34. The molecule has 1 amide bonds. The lowest BCUT2D eigenvalue weighted by molar-refractivity contribution is -0.217. The SMILES string of the molecule is CC1NC(=O)C(C)(C)OC12CCC2. The second kappa shape index (κ2) is 2.47. The largest absolute Gasteiger partial charge is 0.357 e. The van der Waals surface area contributed by atoms with Gasteiger partial charge < -0.3 is 10.1 Å². The minimum absolute atomic E-state index is 0.0116. The molecule has 1 heterocycles. The Kier molecular flexibility index (Phi) is 1.71. The maximum Gasteiger partial charge on any atom is 0.252 e. The molecule has 1 saturated carbocycles. The van der Waals surface area contributed by atoms with E-state index < -0.39 is 5.60 Å². The second-order valence-electron chi connectivity index (χ2n) is 4.73. The van der Waals surface area contributed by atoms with Gasteiger partial charge in [0.05, 0.1) is 11.6 Å². The van der Waals surface area contributed by atoms with Crippen molar-refractivity contribution in [3.05, 3.63) is 0 Å². The van der Waals surface area contributed by atoms with E-state index in [0.717, 1.165) is 12.8 Å². The second-order valence-corrected chi connectivity index (χ2v) is 4.73. The molecule has 13 heavy (non-hydrogen) atoms. The zero-order valence-corrected chi connectivity index (χ0v) is 8.52. The number of carbonyl (C=O) groups excluding carboxylic acids is 1. The topological polar surface area (TPSA) is 38.3 Å². The fraction of sp³-hybridized carbons (Fsp3) is 0.900. The zero-order valence-electron chi connectivity index (χ0n) is 8.52. The Bertz CT molecular complexity index is 243. The Morgan fingerprint density at radius 3 is 2.54 bits per heavy atom. The maximum atomic E-state index is 11.5.